The van der Waals surface area contributed by atoms with Crippen molar-refractivity contribution in [1.82, 2.24) is 16.0 Å². The van der Waals surface area contributed by atoms with E-state index in [9.17, 15) is 44.4 Å². The zero-order valence-corrected chi connectivity index (χ0v) is 26.1. The van der Waals surface area contributed by atoms with E-state index in [4.69, 9.17) is 20.3 Å². The van der Waals surface area contributed by atoms with E-state index in [1.807, 2.05) is 0 Å². The molecule has 46 heavy (non-hydrogen) atoms. The number of aliphatic carboxylic acids is 1. The lowest BCUT2D eigenvalue weighted by Gasteiger charge is -2.56. The summed E-state index contributed by atoms with van der Waals surface area (Å²) in [6.45, 7) is 2.04. The monoisotopic (exact) mass is 656 g/mol. The minimum atomic E-state index is -1.64. The SMILES string of the molecule is C[C@H](CO[C@H]1O[C@H](CO)[C@@H](O)[C@H](O)[C@@H]1O)C(=O)NC(C(=O)N[C@@H](C)C(=O)N[C@H](CCC(=O)O)C(N)=O)C1C2CC3CC(C2)CC1C3. The third kappa shape index (κ3) is 8.33. The molecule has 1 heterocycles. The van der Waals surface area contributed by atoms with Crippen LogP contribution in [0.2, 0.25) is 0 Å². The Kier molecular flexibility index (Phi) is 12.0. The fraction of sp³-hybridized carbons (Fsp3) is 0.833. The number of carbonyl (C=O) groups excluding carboxylic acids is 4. The molecule has 0 aromatic rings. The van der Waals surface area contributed by atoms with Gasteiger partial charge in [0.1, 0.15) is 42.5 Å². The predicted molar refractivity (Wildman–Crippen MR) is 157 cm³/mol. The minimum Gasteiger partial charge on any atom is -0.481 e. The van der Waals surface area contributed by atoms with E-state index in [1.165, 1.54) is 13.3 Å². The van der Waals surface area contributed by atoms with E-state index >= 15 is 0 Å². The van der Waals surface area contributed by atoms with Crippen molar-refractivity contribution in [2.45, 2.75) is 108 Å². The van der Waals surface area contributed by atoms with E-state index in [0.29, 0.717) is 11.8 Å². The van der Waals surface area contributed by atoms with Gasteiger partial charge in [-0.2, -0.15) is 0 Å². The fourth-order valence-corrected chi connectivity index (χ4v) is 7.88. The standard InChI is InChI=1S/C30H48N4O12/c1-12(11-45-30-25(40)24(39)23(38)19(10-35)46-30)27(42)34-22(21-16-6-14-5-15(8-16)9-17(21)7-14)29(44)32-13(2)28(43)33-18(26(31)41)3-4-20(36)37/h12-19,21-25,30,35,38-40H,3-11H2,1-2H3,(H2,31,41)(H,32,44)(H,33,43)(H,34,42)(H,36,37)/t12-,13+,14?,15?,16?,17?,18-,19-,21?,22?,23-,24+,25+,30+/m1/s1. The zero-order chi connectivity index (χ0) is 33.9. The number of aliphatic hydroxyl groups excluding tert-OH is 4. The van der Waals surface area contributed by atoms with Crippen LogP contribution in [0.1, 0.15) is 58.8 Å². The van der Waals surface area contributed by atoms with Crippen molar-refractivity contribution in [3.05, 3.63) is 0 Å². The summed E-state index contributed by atoms with van der Waals surface area (Å²) in [6.07, 6.45) is -3.06. The molecule has 16 nitrogen and oxygen atoms in total. The van der Waals surface area contributed by atoms with Gasteiger partial charge in [-0.1, -0.05) is 6.92 Å². The van der Waals surface area contributed by atoms with Crippen molar-refractivity contribution in [3.8, 4) is 0 Å². The van der Waals surface area contributed by atoms with Gasteiger partial charge in [0.05, 0.1) is 19.1 Å². The number of carboxylic acids is 1. The molecule has 0 aromatic carbocycles. The van der Waals surface area contributed by atoms with Gasteiger partial charge in [-0.3, -0.25) is 24.0 Å². The molecule has 1 aliphatic heterocycles. The van der Waals surface area contributed by atoms with Gasteiger partial charge in [0, 0.05) is 6.42 Å². The van der Waals surface area contributed by atoms with Crippen molar-refractivity contribution in [2.24, 2.45) is 41.2 Å². The van der Waals surface area contributed by atoms with Crippen LogP contribution in [0.3, 0.4) is 0 Å². The average Bonchev–Trinajstić information content (AvgIpc) is 2.99. The van der Waals surface area contributed by atoms with Gasteiger partial charge in [0.25, 0.3) is 0 Å². The van der Waals surface area contributed by atoms with Crippen molar-refractivity contribution in [1.29, 1.82) is 0 Å². The second-order valence-corrected chi connectivity index (χ2v) is 13.6. The Balaban J connectivity index is 1.42. The lowest BCUT2D eigenvalue weighted by molar-refractivity contribution is -0.302. The molecule has 260 valence electrons. The molecule has 16 heteroatoms. The molecule has 1 unspecified atom stereocenters. The summed E-state index contributed by atoms with van der Waals surface area (Å²) in [5.74, 6) is -3.33. The number of nitrogens with two attached hydrogens (primary N) is 1. The zero-order valence-electron chi connectivity index (χ0n) is 26.1. The number of hydrogen-bond acceptors (Lipinski definition) is 11. The highest BCUT2D eigenvalue weighted by molar-refractivity contribution is 5.94. The Morgan fingerprint density at radius 1 is 0.848 bits per heavy atom. The van der Waals surface area contributed by atoms with Crippen molar-refractivity contribution < 1.29 is 59.0 Å². The Labute approximate surface area is 266 Å². The number of ether oxygens (including phenoxy) is 2. The molecule has 4 aliphatic carbocycles. The van der Waals surface area contributed by atoms with Gasteiger partial charge in [-0.15, -0.1) is 0 Å². The summed E-state index contributed by atoms with van der Waals surface area (Å²) in [4.78, 5) is 62.9. The van der Waals surface area contributed by atoms with Crippen molar-refractivity contribution in [2.75, 3.05) is 13.2 Å². The molecule has 0 radical (unpaired) electrons. The second kappa shape index (κ2) is 15.3. The molecule has 10 N–H and O–H groups in total. The molecule has 4 saturated carbocycles. The summed E-state index contributed by atoms with van der Waals surface area (Å²) in [6, 6.07) is -3.36. The molecule has 5 rings (SSSR count). The number of hydrogen-bond donors (Lipinski definition) is 9. The molecule has 9 atom stereocenters. The van der Waals surface area contributed by atoms with E-state index in [2.05, 4.69) is 16.0 Å². The first-order valence-corrected chi connectivity index (χ1v) is 16.0. The summed E-state index contributed by atoms with van der Waals surface area (Å²) in [5, 5.41) is 56.6. The van der Waals surface area contributed by atoms with Crippen molar-refractivity contribution >= 4 is 29.6 Å². The predicted octanol–water partition coefficient (Wildman–Crippen LogP) is -2.66. The Morgan fingerprint density at radius 3 is 2.00 bits per heavy atom. The van der Waals surface area contributed by atoms with Crippen LogP contribution < -0.4 is 21.7 Å². The average molecular weight is 657 g/mol. The largest absolute Gasteiger partial charge is 0.481 e. The third-order valence-corrected chi connectivity index (χ3v) is 10.1. The van der Waals surface area contributed by atoms with Crippen LogP contribution in [0.5, 0.6) is 0 Å². The van der Waals surface area contributed by atoms with E-state index in [-0.39, 0.29) is 30.8 Å². The highest BCUT2D eigenvalue weighted by Crippen LogP contribution is 2.57. The van der Waals surface area contributed by atoms with E-state index in [1.54, 1.807) is 6.92 Å². The van der Waals surface area contributed by atoms with E-state index in [0.717, 1.165) is 25.7 Å². The van der Waals surface area contributed by atoms with Gasteiger partial charge in [0.2, 0.25) is 23.6 Å². The number of amides is 4. The molecule has 0 aromatic heterocycles. The van der Waals surface area contributed by atoms with Gasteiger partial charge in [-0.25, -0.2) is 0 Å². The number of carboxylic acid groups (broad SMARTS) is 1. The minimum absolute atomic E-state index is 0.167. The van der Waals surface area contributed by atoms with Gasteiger partial charge >= 0.3 is 5.97 Å². The summed E-state index contributed by atoms with van der Waals surface area (Å²) in [5.41, 5.74) is 5.33. The van der Waals surface area contributed by atoms with Crippen molar-refractivity contribution in [3.63, 3.8) is 0 Å². The van der Waals surface area contributed by atoms with Crippen LogP contribution in [-0.4, -0.2) is 117 Å². The highest BCUT2D eigenvalue weighted by Gasteiger charge is 2.53. The number of primary amides is 1. The van der Waals surface area contributed by atoms with Crippen LogP contribution >= 0.6 is 0 Å². The Morgan fingerprint density at radius 2 is 1.46 bits per heavy atom. The molecular formula is C30H48N4O12. The first kappa shape index (κ1) is 36.0. The summed E-state index contributed by atoms with van der Waals surface area (Å²) >= 11 is 0. The third-order valence-electron chi connectivity index (χ3n) is 10.1. The van der Waals surface area contributed by atoms with Crippen LogP contribution in [0.25, 0.3) is 0 Å². The fourth-order valence-electron chi connectivity index (χ4n) is 7.88. The molecule has 4 bridgehead atoms. The van der Waals surface area contributed by atoms with Crippen LogP contribution in [0.4, 0.5) is 0 Å². The quantitative estimate of drug-likeness (QED) is 0.0874. The maximum absolute atomic E-state index is 13.8. The smallest absolute Gasteiger partial charge is 0.303 e. The maximum Gasteiger partial charge on any atom is 0.303 e. The topological polar surface area (TPSA) is 267 Å². The summed E-state index contributed by atoms with van der Waals surface area (Å²) in [7, 11) is 0. The summed E-state index contributed by atoms with van der Waals surface area (Å²) < 4.78 is 10.9. The molecule has 1 saturated heterocycles. The lowest BCUT2D eigenvalue weighted by Crippen LogP contribution is -2.62. The second-order valence-electron chi connectivity index (χ2n) is 13.6. The molecule has 5 aliphatic rings. The molecule has 5 fully saturated rings. The molecule has 4 amide bonds. The first-order chi connectivity index (χ1) is 21.7. The van der Waals surface area contributed by atoms with Crippen LogP contribution in [-0.2, 0) is 33.4 Å². The highest BCUT2D eigenvalue weighted by atomic mass is 16.7. The lowest BCUT2D eigenvalue weighted by atomic mass is 9.50. The van der Waals surface area contributed by atoms with Crippen LogP contribution in [0, 0.1) is 35.5 Å². The van der Waals surface area contributed by atoms with Gasteiger partial charge < -0.3 is 56.7 Å². The van der Waals surface area contributed by atoms with Gasteiger partial charge in [0.15, 0.2) is 6.29 Å². The first-order valence-electron chi connectivity index (χ1n) is 16.0. The molecular weight excluding hydrogens is 608 g/mol. The van der Waals surface area contributed by atoms with Gasteiger partial charge in [-0.05, 0) is 75.0 Å². The number of nitrogens with one attached hydrogen (secondary N) is 3. The number of rotatable bonds is 15. The number of aliphatic hydroxyl groups is 4. The van der Waals surface area contributed by atoms with E-state index < -0.39 is 97.4 Å². The number of carbonyl (C=O) groups is 5. The normalized spacial score (nSPS) is 35.8. The maximum atomic E-state index is 13.8. The van der Waals surface area contributed by atoms with Crippen LogP contribution in [0.15, 0.2) is 0 Å². The Bertz CT molecular complexity index is 1110. The Hall–Kier alpha value is -2.89. The molecule has 0 spiro atoms.